The van der Waals surface area contributed by atoms with Crippen molar-refractivity contribution in [3.05, 3.63) is 63.1 Å². The fourth-order valence-electron chi connectivity index (χ4n) is 2.19. The Kier molecular flexibility index (Phi) is 4.38. The van der Waals surface area contributed by atoms with Crippen molar-refractivity contribution in [3.63, 3.8) is 0 Å². The van der Waals surface area contributed by atoms with Crippen LogP contribution in [0.2, 0.25) is 10.0 Å². The molecule has 2 aromatic carbocycles. The Morgan fingerprint density at radius 1 is 1.00 bits per heavy atom. The number of anilines is 1. The zero-order valence-corrected chi connectivity index (χ0v) is 12.8. The Hall–Kier alpha value is -1.18. The lowest BCUT2D eigenvalue weighted by molar-refractivity contribution is 0.874. The van der Waals surface area contributed by atoms with Crippen LogP contribution in [-0.2, 0) is 0 Å². The summed E-state index contributed by atoms with van der Waals surface area (Å²) in [6.07, 6.45) is 0. The molecule has 0 amide bonds. The predicted octanol–water partition coefficient (Wildman–Crippen LogP) is 5.78. The Morgan fingerprint density at radius 3 is 2.42 bits per heavy atom. The second-order valence-electron chi connectivity index (χ2n) is 4.85. The van der Waals surface area contributed by atoms with E-state index in [1.807, 2.05) is 24.3 Å². The van der Waals surface area contributed by atoms with Crippen molar-refractivity contribution in [2.75, 3.05) is 5.32 Å². The van der Waals surface area contributed by atoms with Gasteiger partial charge in [-0.05, 0) is 61.7 Å². The van der Waals surface area contributed by atoms with Crippen LogP contribution >= 0.6 is 23.2 Å². The highest BCUT2D eigenvalue weighted by Gasteiger charge is 2.10. The smallest absolute Gasteiger partial charge is 0.0637 e. The quantitative estimate of drug-likeness (QED) is 0.756. The molecule has 1 unspecified atom stereocenters. The van der Waals surface area contributed by atoms with E-state index in [1.54, 1.807) is 0 Å². The molecule has 0 bridgehead atoms. The average molecular weight is 294 g/mol. The third-order valence-corrected chi connectivity index (χ3v) is 3.76. The summed E-state index contributed by atoms with van der Waals surface area (Å²) < 4.78 is 0. The number of hydrogen-bond donors (Lipinski definition) is 1. The van der Waals surface area contributed by atoms with Gasteiger partial charge in [0.25, 0.3) is 0 Å². The van der Waals surface area contributed by atoms with Gasteiger partial charge in [-0.1, -0.05) is 35.3 Å². The maximum Gasteiger partial charge on any atom is 0.0637 e. The summed E-state index contributed by atoms with van der Waals surface area (Å²) >= 11 is 12.2. The van der Waals surface area contributed by atoms with Crippen LogP contribution in [0, 0.1) is 13.8 Å². The highest BCUT2D eigenvalue weighted by atomic mass is 35.5. The van der Waals surface area contributed by atoms with Crippen LogP contribution in [0.3, 0.4) is 0 Å². The van der Waals surface area contributed by atoms with Gasteiger partial charge < -0.3 is 5.32 Å². The zero-order chi connectivity index (χ0) is 14.0. The molecule has 1 atom stereocenters. The van der Waals surface area contributed by atoms with E-state index in [-0.39, 0.29) is 6.04 Å². The normalized spacial score (nSPS) is 12.3. The number of aryl methyl sites for hydroxylation is 2. The topological polar surface area (TPSA) is 12.0 Å². The van der Waals surface area contributed by atoms with Crippen molar-refractivity contribution in [2.45, 2.75) is 26.8 Å². The first-order valence-electron chi connectivity index (χ1n) is 6.26. The molecule has 0 fully saturated rings. The van der Waals surface area contributed by atoms with Gasteiger partial charge in [0.1, 0.15) is 0 Å². The Labute approximate surface area is 124 Å². The van der Waals surface area contributed by atoms with Crippen molar-refractivity contribution in [3.8, 4) is 0 Å². The number of hydrogen-bond acceptors (Lipinski definition) is 1. The third kappa shape index (κ3) is 3.43. The summed E-state index contributed by atoms with van der Waals surface area (Å²) in [5.41, 5.74) is 4.55. The molecule has 0 radical (unpaired) electrons. The van der Waals surface area contributed by atoms with E-state index in [0.29, 0.717) is 0 Å². The molecule has 0 spiro atoms. The van der Waals surface area contributed by atoms with Gasteiger partial charge in [-0.25, -0.2) is 0 Å². The summed E-state index contributed by atoms with van der Waals surface area (Å²) in [5, 5.41) is 4.96. The van der Waals surface area contributed by atoms with Gasteiger partial charge in [0.2, 0.25) is 0 Å². The Bertz CT molecular complexity index is 593. The molecule has 0 saturated carbocycles. The minimum absolute atomic E-state index is 0.177. The van der Waals surface area contributed by atoms with E-state index in [0.717, 1.165) is 15.7 Å². The van der Waals surface area contributed by atoms with Crippen LogP contribution in [0.25, 0.3) is 0 Å². The van der Waals surface area contributed by atoms with Gasteiger partial charge in [-0.2, -0.15) is 0 Å². The van der Waals surface area contributed by atoms with E-state index in [2.05, 4.69) is 38.2 Å². The molecule has 0 aliphatic heterocycles. The van der Waals surface area contributed by atoms with Gasteiger partial charge in [0, 0.05) is 11.1 Å². The number of benzene rings is 2. The monoisotopic (exact) mass is 293 g/mol. The van der Waals surface area contributed by atoms with Gasteiger partial charge in [-0.15, -0.1) is 0 Å². The molecule has 0 heterocycles. The zero-order valence-electron chi connectivity index (χ0n) is 11.3. The fraction of sp³-hybridized carbons (Fsp3) is 0.250. The maximum atomic E-state index is 6.21. The third-order valence-electron chi connectivity index (χ3n) is 3.19. The summed E-state index contributed by atoms with van der Waals surface area (Å²) in [4.78, 5) is 0. The molecule has 2 aromatic rings. The van der Waals surface area contributed by atoms with E-state index >= 15 is 0 Å². The SMILES string of the molecule is Cc1ccc(Cl)c(NC(C)c2ccc(Cl)cc2C)c1. The molecule has 3 heteroatoms. The van der Waals surface area contributed by atoms with Crippen LogP contribution in [0.4, 0.5) is 5.69 Å². The molecule has 0 aliphatic carbocycles. The molecule has 19 heavy (non-hydrogen) atoms. The van der Waals surface area contributed by atoms with Crippen molar-refractivity contribution in [1.82, 2.24) is 0 Å². The first-order valence-corrected chi connectivity index (χ1v) is 7.01. The Balaban J connectivity index is 2.25. The minimum Gasteiger partial charge on any atom is -0.377 e. The molecule has 1 N–H and O–H groups in total. The largest absolute Gasteiger partial charge is 0.377 e. The van der Waals surface area contributed by atoms with Crippen molar-refractivity contribution < 1.29 is 0 Å². The lowest BCUT2D eigenvalue weighted by Gasteiger charge is -2.19. The molecule has 0 aliphatic rings. The van der Waals surface area contributed by atoms with Crippen LogP contribution in [0.5, 0.6) is 0 Å². The highest BCUT2D eigenvalue weighted by molar-refractivity contribution is 6.33. The van der Waals surface area contributed by atoms with Crippen LogP contribution in [-0.4, -0.2) is 0 Å². The van der Waals surface area contributed by atoms with Crippen LogP contribution in [0.1, 0.15) is 29.7 Å². The van der Waals surface area contributed by atoms with Gasteiger partial charge in [0.15, 0.2) is 0 Å². The standard InChI is InChI=1S/C16H17Cl2N/c1-10-4-7-15(18)16(8-10)19-12(3)14-6-5-13(17)9-11(14)2/h4-9,12,19H,1-3H3. The molecule has 0 aromatic heterocycles. The van der Waals surface area contributed by atoms with Crippen LogP contribution in [0.15, 0.2) is 36.4 Å². The summed E-state index contributed by atoms with van der Waals surface area (Å²) in [5.74, 6) is 0. The first-order chi connectivity index (χ1) is 8.97. The molecular formula is C16H17Cl2N. The number of halogens is 2. The van der Waals surface area contributed by atoms with Crippen LogP contribution < -0.4 is 5.32 Å². The summed E-state index contributed by atoms with van der Waals surface area (Å²) in [6.45, 7) is 6.24. The number of rotatable bonds is 3. The average Bonchev–Trinajstić information content (AvgIpc) is 2.33. The van der Waals surface area contributed by atoms with E-state index < -0.39 is 0 Å². The lowest BCUT2D eigenvalue weighted by atomic mass is 10.0. The molecule has 100 valence electrons. The van der Waals surface area contributed by atoms with E-state index in [1.165, 1.54) is 16.7 Å². The Morgan fingerprint density at radius 2 is 1.74 bits per heavy atom. The number of nitrogens with one attached hydrogen (secondary N) is 1. The van der Waals surface area contributed by atoms with Crippen molar-refractivity contribution in [1.29, 1.82) is 0 Å². The lowest BCUT2D eigenvalue weighted by Crippen LogP contribution is -2.08. The minimum atomic E-state index is 0.177. The first kappa shape index (κ1) is 14.2. The van der Waals surface area contributed by atoms with Gasteiger partial charge in [0.05, 0.1) is 10.7 Å². The fourth-order valence-corrected chi connectivity index (χ4v) is 2.58. The molecule has 0 saturated heterocycles. The van der Waals surface area contributed by atoms with Crippen molar-refractivity contribution >= 4 is 28.9 Å². The predicted molar refractivity (Wildman–Crippen MR) is 84.4 cm³/mol. The van der Waals surface area contributed by atoms with E-state index in [9.17, 15) is 0 Å². The molecule has 1 nitrogen and oxygen atoms in total. The summed E-state index contributed by atoms with van der Waals surface area (Å²) in [7, 11) is 0. The molecule has 2 rings (SSSR count). The van der Waals surface area contributed by atoms with Crippen molar-refractivity contribution in [2.24, 2.45) is 0 Å². The van der Waals surface area contributed by atoms with Gasteiger partial charge >= 0.3 is 0 Å². The second-order valence-corrected chi connectivity index (χ2v) is 5.69. The van der Waals surface area contributed by atoms with Gasteiger partial charge in [-0.3, -0.25) is 0 Å². The maximum absolute atomic E-state index is 6.21. The molecular weight excluding hydrogens is 277 g/mol. The summed E-state index contributed by atoms with van der Waals surface area (Å²) in [6, 6.07) is 12.1. The second kappa shape index (κ2) is 5.85. The van der Waals surface area contributed by atoms with E-state index in [4.69, 9.17) is 23.2 Å². The highest BCUT2D eigenvalue weighted by Crippen LogP contribution is 2.29.